The largest absolute Gasteiger partial charge is 0.359 e. The molecule has 0 aliphatic rings. The third kappa shape index (κ3) is 6.67. The maximum Gasteiger partial charge on any atom is 0.227 e. The molecule has 0 saturated heterocycles. The summed E-state index contributed by atoms with van der Waals surface area (Å²) in [5.41, 5.74) is 0.360. The molecular weight excluding hydrogens is 295 g/mol. The Balaban J connectivity index is 2.57. The minimum Gasteiger partial charge on any atom is -0.359 e. The molecule has 0 fully saturated rings. The maximum absolute atomic E-state index is 13.1. The van der Waals surface area contributed by atoms with E-state index in [-0.39, 0.29) is 11.7 Å². The van der Waals surface area contributed by atoms with Crippen LogP contribution in [0, 0.1) is 11.2 Å². The standard InChI is InChI=1S/C17H27FN4O/c1-5-20-16(22-12-17(2,3)15(23)19-4)21-10-9-13-7-6-8-14(18)11-13/h6-8,11H,5,9-10,12H2,1-4H3,(H,19,23)(H2,20,21,22). The zero-order chi connectivity index (χ0) is 17.3. The lowest BCUT2D eigenvalue weighted by Gasteiger charge is -2.21. The average molecular weight is 322 g/mol. The predicted octanol–water partition coefficient (Wildman–Crippen LogP) is 1.70. The van der Waals surface area contributed by atoms with Crippen molar-refractivity contribution in [3.63, 3.8) is 0 Å². The van der Waals surface area contributed by atoms with Crippen molar-refractivity contribution in [3.8, 4) is 0 Å². The summed E-state index contributed by atoms with van der Waals surface area (Å²) in [5, 5.41) is 8.99. The first-order valence-electron chi connectivity index (χ1n) is 7.88. The number of carbonyl (C=O) groups is 1. The molecule has 0 aliphatic carbocycles. The lowest BCUT2D eigenvalue weighted by molar-refractivity contribution is -0.128. The van der Waals surface area contributed by atoms with Crippen LogP contribution in [0.3, 0.4) is 0 Å². The van der Waals surface area contributed by atoms with E-state index in [0.717, 1.165) is 12.1 Å². The summed E-state index contributed by atoms with van der Waals surface area (Å²) in [6.07, 6.45) is 0.695. The Labute approximate surface area is 137 Å². The topological polar surface area (TPSA) is 65.5 Å². The number of nitrogens with zero attached hydrogens (tertiary/aromatic N) is 1. The lowest BCUT2D eigenvalue weighted by Crippen LogP contribution is -2.41. The quantitative estimate of drug-likeness (QED) is 0.529. The van der Waals surface area contributed by atoms with E-state index in [1.54, 1.807) is 13.1 Å². The van der Waals surface area contributed by atoms with Crippen LogP contribution in [0.4, 0.5) is 4.39 Å². The molecule has 0 bridgehead atoms. The van der Waals surface area contributed by atoms with E-state index in [9.17, 15) is 9.18 Å². The zero-order valence-corrected chi connectivity index (χ0v) is 14.4. The highest BCUT2D eigenvalue weighted by atomic mass is 19.1. The second kappa shape index (κ2) is 9.12. The summed E-state index contributed by atoms with van der Waals surface area (Å²) in [6.45, 7) is 7.43. The summed E-state index contributed by atoms with van der Waals surface area (Å²) in [6, 6.07) is 6.56. The van der Waals surface area contributed by atoms with Crippen LogP contribution in [-0.2, 0) is 11.2 Å². The van der Waals surface area contributed by atoms with Crippen molar-refractivity contribution in [2.24, 2.45) is 10.4 Å². The fourth-order valence-electron chi connectivity index (χ4n) is 2.05. The van der Waals surface area contributed by atoms with E-state index >= 15 is 0 Å². The number of benzene rings is 1. The molecule has 0 unspecified atom stereocenters. The van der Waals surface area contributed by atoms with Crippen molar-refractivity contribution in [2.45, 2.75) is 27.2 Å². The molecule has 0 atom stereocenters. The van der Waals surface area contributed by atoms with Crippen molar-refractivity contribution in [3.05, 3.63) is 35.6 Å². The van der Waals surface area contributed by atoms with Crippen LogP contribution in [0.15, 0.2) is 29.3 Å². The molecule has 0 aliphatic heterocycles. The molecule has 0 aromatic heterocycles. The molecular formula is C17H27FN4O. The fourth-order valence-corrected chi connectivity index (χ4v) is 2.05. The summed E-state index contributed by atoms with van der Waals surface area (Å²) >= 11 is 0. The number of carbonyl (C=O) groups excluding carboxylic acids is 1. The van der Waals surface area contributed by atoms with Gasteiger partial charge in [-0.3, -0.25) is 9.79 Å². The molecule has 0 spiro atoms. The van der Waals surface area contributed by atoms with Crippen LogP contribution in [0.25, 0.3) is 0 Å². The number of halogens is 1. The maximum atomic E-state index is 13.1. The van der Waals surface area contributed by atoms with E-state index in [1.165, 1.54) is 12.1 Å². The first kappa shape index (κ1) is 18.9. The Kier molecular flexibility index (Phi) is 7.51. The van der Waals surface area contributed by atoms with Crippen LogP contribution in [0.1, 0.15) is 26.3 Å². The van der Waals surface area contributed by atoms with Gasteiger partial charge in [-0.05, 0) is 44.9 Å². The van der Waals surface area contributed by atoms with Gasteiger partial charge in [-0.25, -0.2) is 4.39 Å². The molecule has 128 valence electrons. The molecule has 0 saturated carbocycles. The minimum atomic E-state index is -0.570. The second-order valence-electron chi connectivity index (χ2n) is 5.96. The normalized spacial score (nSPS) is 12.0. The molecule has 1 amide bonds. The van der Waals surface area contributed by atoms with E-state index < -0.39 is 5.41 Å². The van der Waals surface area contributed by atoms with Crippen LogP contribution >= 0.6 is 0 Å². The molecule has 1 aromatic rings. The Hall–Kier alpha value is -2.11. The van der Waals surface area contributed by atoms with E-state index in [0.29, 0.717) is 25.5 Å². The predicted molar refractivity (Wildman–Crippen MR) is 91.9 cm³/mol. The van der Waals surface area contributed by atoms with Gasteiger partial charge in [-0.15, -0.1) is 0 Å². The number of amides is 1. The number of hydrogen-bond donors (Lipinski definition) is 3. The van der Waals surface area contributed by atoms with Gasteiger partial charge in [0.2, 0.25) is 5.91 Å². The highest BCUT2D eigenvalue weighted by molar-refractivity contribution is 5.83. The average Bonchev–Trinajstić information content (AvgIpc) is 2.52. The first-order valence-corrected chi connectivity index (χ1v) is 7.88. The fraction of sp³-hybridized carbons (Fsp3) is 0.529. The Bertz CT molecular complexity index is 543. The smallest absolute Gasteiger partial charge is 0.227 e. The van der Waals surface area contributed by atoms with Gasteiger partial charge < -0.3 is 16.0 Å². The molecule has 0 heterocycles. The van der Waals surface area contributed by atoms with Crippen molar-refractivity contribution in [2.75, 3.05) is 26.7 Å². The molecule has 6 heteroatoms. The molecule has 3 N–H and O–H groups in total. The Morgan fingerprint density at radius 3 is 2.65 bits per heavy atom. The third-order valence-corrected chi connectivity index (χ3v) is 3.41. The van der Waals surface area contributed by atoms with E-state index in [1.807, 2.05) is 26.8 Å². The summed E-state index contributed by atoms with van der Waals surface area (Å²) in [7, 11) is 1.62. The van der Waals surface area contributed by atoms with Crippen LogP contribution in [0.5, 0.6) is 0 Å². The molecule has 23 heavy (non-hydrogen) atoms. The van der Waals surface area contributed by atoms with Gasteiger partial charge in [0.25, 0.3) is 0 Å². The number of nitrogens with one attached hydrogen (secondary N) is 3. The first-order chi connectivity index (χ1) is 10.9. The number of rotatable bonds is 7. The van der Waals surface area contributed by atoms with Gasteiger partial charge in [0.05, 0.1) is 12.0 Å². The number of aliphatic imine (C=N–C) groups is 1. The number of guanidine groups is 1. The van der Waals surface area contributed by atoms with Gasteiger partial charge in [0, 0.05) is 20.1 Å². The monoisotopic (exact) mass is 322 g/mol. The van der Waals surface area contributed by atoms with Crippen molar-refractivity contribution < 1.29 is 9.18 Å². The highest BCUT2D eigenvalue weighted by Crippen LogP contribution is 2.15. The minimum absolute atomic E-state index is 0.0446. The SMILES string of the molecule is CCNC(=NCC(C)(C)C(=O)NC)NCCc1cccc(F)c1. The van der Waals surface area contributed by atoms with Crippen LogP contribution in [0.2, 0.25) is 0 Å². The zero-order valence-electron chi connectivity index (χ0n) is 14.4. The van der Waals surface area contributed by atoms with Crippen LogP contribution < -0.4 is 16.0 Å². The summed E-state index contributed by atoms with van der Waals surface area (Å²) in [4.78, 5) is 16.2. The molecule has 5 nitrogen and oxygen atoms in total. The molecule has 1 aromatic carbocycles. The number of hydrogen-bond acceptors (Lipinski definition) is 2. The van der Waals surface area contributed by atoms with E-state index in [4.69, 9.17) is 0 Å². The van der Waals surface area contributed by atoms with Crippen molar-refractivity contribution in [1.29, 1.82) is 0 Å². The van der Waals surface area contributed by atoms with Gasteiger partial charge in [0.15, 0.2) is 5.96 Å². The van der Waals surface area contributed by atoms with Crippen LogP contribution in [-0.4, -0.2) is 38.5 Å². The van der Waals surface area contributed by atoms with Gasteiger partial charge in [-0.1, -0.05) is 12.1 Å². The summed E-state index contributed by atoms with van der Waals surface area (Å²) in [5.74, 6) is 0.383. The van der Waals surface area contributed by atoms with Gasteiger partial charge in [-0.2, -0.15) is 0 Å². The van der Waals surface area contributed by atoms with Crippen molar-refractivity contribution >= 4 is 11.9 Å². The van der Waals surface area contributed by atoms with E-state index in [2.05, 4.69) is 20.9 Å². The molecule has 1 rings (SSSR count). The second-order valence-corrected chi connectivity index (χ2v) is 5.96. The third-order valence-electron chi connectivity index (χ3n) is 3.41. The highest BCUT2D eigenvalue weighted by Gasteiger charge is 2.26. The lowest BCUT2D eigenvalue weighted by atomic mass is 9.93. The van der Waals surface area contributed by atoms with Gasteiger partial charge >= 0.3 is 0 Å². The van der Waals surface area contributed by atoms with Crippen molar-refractivity contribution in [1.82, 2.24) is 16.0 Å². The molecule has 0 radical (unpaired) electrons. The van der Waals surface area contributed by atoms with Gasteiger partial charge in [0.1, 0.15) is 5.82 Å². The Morgan fingerprint density at radius 2 is 2.04 bits per heavy atom. The summed E-state index contributed by atoms with van der Waals surface area (Å²) < 4.78 is 13.1. The Morgan fingerprint density at radius 1 is 1.30 bits per heavy atom.